The smallest absolute Gasteiger partial charge is 0.309 e. The number of hydrogen-bond acceptors (Lipinski definition) is 6. The summed E-state index contributed by atoms with van der Waals surface area (Å²) in [7, 11) is 0. The fourth-order valence-electron chi connectivity index (χ4n) is 4.87. The van der Waals surface area contributed by atoms with E-state index in [4.69, 9.17) is 0 Å². The number of fused-ring (bicyclic) bond motifs is 4. The van der Waals surface area contributed by atoms with E-state index in [0.29, 0.717) is 22.5 Å². The first-order chi connectivity index (χ1) is 15.1. The minimum atomic E-state index is -0.808. The first kappa shape index (κ1) is 18.0. The third kappa shape index (κ3) is 2.78. The maximum Gasteiger partial charge on any atom is 0.309 e. The summed E-state index contributed by atoms with van der Waals surface area (Å²) < 4.78 is 15.4. The molecule has 3 N–H and O–H groups in total. The molecule has 0 spiro atoms. The monoisotopic (exact) mass is 419 g/mol. The molecule has 0 radical (unpaired) electrons. The van der Waals surface area contributed by atoms with E-state index in [0.717, 1.165) is 24.6 Å². The highest BCUT2D eigenvalue weighted by atomic mass is 19.1. The van der Waals surface area contributed by atoms with Gasteiger partial charge in [0.2, 0.25) is 5.82 Å². The van der Waals surface area contributed by atoms with Crippen LogP contribution in [-0.2, 0) is 4.79 Å². The highest BCUT2D eigenvalue weighted by molar-refractivity contribution is 5.89. The van der Waals surface area contributed by atoms with Crippen molar-refractivity contribution in [3.63, 3.8) is 0 Å². The average molecular weight is 419 g/mol. The number of carboxylic acid groups (broad SMARTS) is 1. The van der Waals surface area contributed by atoms with Crippen LogP contribution in [0.3, 0.4) is 0 Å². The maximum absolute atomic E-state index is 13.8. The number of aromatic amines is 1. The second-order valence-corrected chi connectivity index (χ2v) is 8.07. The molecule has 0 unspecified atom stereocenters. The molecule has 1 saturated carbocycles. The molecule has 4 atom stereocenters. The Morgan fingerprint density at radius 1 is 1.29 bits per heavy atom. The van der Waals surface area contributed by atoms with Gasteiger partial charge in [0, 0.05) is 12.2 Å². The highest BCUT2D eigenvalue weighted by Gasteiger charge is 2.45. The zero-order valence-corrected chi connectivity index (χ0v) is 16.2. The summed E-state index contributed by atoms with van der Waals surface area (Å²) in [5.74, 6) is -0.887. The fourth-order valence-corrected chi connectivity index (χ4v) is 4.87. The van der Waals surface area contributed by atoms with Crippen LogP contribution in [0.25, 0.3) is 28.1 Å². The van der Waals surface area contributed by atoms with Crippen molar-refractivity contribution in [2.24, 2.45) is 17.8 Å². The zero-order chi connectivity index (χ0) is 21.1. The number of H-pyrrole nitrogens is 1. The van der Waals surface area contributed by atoms with Crippen LogP contribution in [0.15, 0.2) is 42.7 Å². The molecular formula is C21H18FN7O2. The molecule has 4 aromatic rings. The van der Waals surface area contributed by atoms with Gasteiger partial charge in [-0.05, 0) is 42.9 Å². The van der Waals surface area contributed by atoms with Crippen molar-refractivity contribution in [2.45, 2.75) is 18.9 Å². The van der Waals surface area contributed by atoms with Crippen LogP contribution in [-0.4, -0.2) is 46.9 Å². The van der Waals surface area contributed by atoms with E-state index >= 15 is 0 Å². The van der Waals surface area contributed by atoms with E-state index in [1.165, 1.54) is 6.07 Å². The summed E-state index contributed by atoms with van der Waals surface area (Å²) in [5.41, 5.74) is 1.53. The van der Waals surface area contributed by atoms with Crippen LogP contribution in [0.2, 0.25) is 0 Å². The molecule has 2 bridgehead atoms. The van der Waals surface area contributed by atoms with Crippen LogP contribution < -0.4 is 5.32 Å². The number of rotatable bonds is 4. The Kier molecular flexibility index (Phi) is 3.83. The van der Waals surface area contributed by atoms with Crippen LogP contribution in [0.4, 0.5) is 10.2 Å². The van der Waals surface area contributed by atoms with Gasteiger partial charge in [0.1, 0.15) is 17.0 Å². The van der Waals surface area contributed by atoms with E-state index in [1.807, 2.05) is 18.2 Å². The fraction of sp³-hybridized carbons (Fsp3) is 0.286. The van der Waals surface area contributed by atoms with E-state index in [2.05, 4.69) is 36.7 Å². The third-order valence-electron chi connectivity index (χ3n) is 6.32. The van der Waals surface area contributed by atoms with Crippen molar-refractivity contribution in [1.29, 1.82) is 0 Å². The number of nitrogens with one attached hydrogen (secondary N) is 2. The number of nitrogens with zero attached hydrogens (tertiary/aromatic N) is 5. The molecular weight excluding hydrogens is 401 g/mol. The standard InChI is InChI=1S/C21H18FN7O2/c22-12-8-13-17(26-27-18(13)23-9-12)20-25-19(14-2-1-7-29(14)28-20)24-16-11-5-3-10(4-6-11)15(16)21(30)31/h1-3,5,7-11,15-16H,4,6H2,(H,30,31)(H,23,26,27)(H,24,25,28)/t10-,11+,15+,16+/m1/s1. The van der Waals surface area contributed by atoms with Crippen LogP contribution in [0, 0.1) is 23.6 Å². The van der Waals surface area contributed by atoms with Gasteiger partial charge in [-0.1, -0.05) is 12.2 Å². The number of carboxylic acids is 1. The normalized spacial score (nSPS) is 24.8. The Morgan fingerprint density at radius 3 is 2.94 bits per heavy atom. The van der Waals surface area contributed by atoms with Crippen LogP contribution in [0.5, 0.6) is 0 Å². The molecule has 31 heavy (non-hydrogen) atoms. The van der Waals surface area contributed by atoms with Gasteiger partial charge >= 0.3 is 5.97 Å². The van der Waals surface area contributed by atoms with Gasteiger partial charge in [-0.25, -0.2) is 18.9 Å². The minimum absolute atomic E-state index is 0.00782. The molecule has 3 aliphatic carbocycles. The van der Waals surface area contributed by atoms with Crippen LogP contribution in [0.1, 0.15) is 12.8 Å². The second-order valence-electron chi connectivity index (χ2n) is 8.07. The van der Waals surface area contributed by atoms with Gasteiger partial charge in [-0.3, -0.25) is 9.89 Å². The summed E-state index contributed by atoms with van der Waals surface area (Å²) in [4.78, 5) is 20.7. The average Bonchev–Trinajstić information content (AvgIpc) is 3.41. The minimum Gasteiger partial charge on any atom is -0.481 e. The predicted molar refractivity (Wildman–Crippen MR) is 110 cm³/mol. The Balaban J connectivity index is 1.47. The number of allylic oxidation sites excluding steroid dienone is 1. The summed E-state index contributed by atoms with van der Waals surface area (Å²) in [6, 6.07) is 4.76. The van der Waals surface area contributed by atoms with Crippen molar-refractivity contribution in [1.82, 2.24) is 29.8 Å². The van der Waals surface area contributed by atoms with Crippen molar-refractivity contribution in [3.05, 3.63) is 48.6 Å². The zero-order valence-electron chi connectivity index (χ0n) is 16.2. The van der Waals surface area contributed by atoms with Crippen molar-refractivity contribution < 1.29 is 14.3 Å². The van der Waals surface area contributed by atoms with E-state index in [1.54, 1.807) is 10.7 Å². The largest absolute Gasteiger partial charge is 0.481 e. The van der Waals surface area contributed by atoms with Crippen molar-refractivity contribution in [2.75, 3.05) is 5.32 Å². The topological polar surface area (TPSA) is 121 Å². The van der Waals surface area contributed by atoms with Crippen molar-refractivity contribution >= 4 is 28.3 Å². The lowest BCUT2D eigenvalue weighted by atomic mass is 9.66. The Hall–Kier alpha value is -3.82. The first-order valence-electron chi connectivity index (χ1n) is 10.1. The molecule has 156 valence electrons. The SMILES string of the molecule is O=C(O)[C@@H]1[C@@H](Nc2nc(-c3n[nH]c4ncc(F)cc34)nn3cccc23)[C@H]2C=C[C@@H]1CC2. The lowest BCUT2D eigenvalue weighted by Gasteiger charge is -2.43. The Morgan fingerprint density at radius 2 is 2.13 bits per heavy atom. The molecule has 4 heterocycles. The molecule has 0 amide bonds. The molecule has 7 rings (SSSR count). The molecule has 4 aromatic heterocycles. The number of hydrogen-bond donors (Lipinski definition) is 3. The van der Waals surface area contributed by atoms with Gasteiger partial charge in [0.05, 0.1) is 17.5 Å². The Bertz CT molecular complexity index is 1360. The van der Waals surface area contributed by atoms with Gasteiger partial charge < -0.3 is 10.4 Å². The second kappa shape index (κ2) is 6.59. The van der Waals surface area contributed by atoms with E-state index in [9.17, 15) is 14.3 Å². The van der Waals surface area contributed by atoms with Gasteiger partial charge in [-0.2, -0.15) is 5.10 Å². The predicted octanol–water partition coefficient (Wildman–Crippen LogP) is 2.88. The molecule has 10 heteroatoms. The quantitative estimate of drug-likeness (QED) is 0.435. The molecule has 1 fully saturated rings. The summed E-state index contributed by atoms with van der Waals surface area (Å²) >= 11 is 0. The summed E-state index contributed by atoms with van der Waals surface area (Å²) in [6.07, 6.45) is 8.85. The number of halogens is 1. The van der Waals surface area contributed by atoms with Crippen LogP contribution >= 0.6 is 0 Å². The van der Waals surface area contributed by atoms with E-state index < -0.39 is 17.7 Å². The van der Waals surface area contributed by atoms with Crippen molar-refractivity contribution in [3.8, 4) is 11.5 Å². The Labute approximate surface area is 175 Å². The third-order valence-corrected chi connectivity index (χ3v) is 6.32. The number of pyridine rings is 1. The number of anilines is 1. The maximum atomic E-state index is 13.8. The summed E-state index contributed by atoms with van der Waals surface area (Å²) in [6.45, 7) is 0. The first-order valence-corrected chi connectivity index (χ1v) is 10.1. The number of aromatic nitrogens is 6. The lowest BCUT2D eigenvalue weighted by Crippen LogP contribution is -2.49. The highest BCUT2D eigenvalue weighted by Crippen LogP contribution is 2.42. The number of aliphatic carboxylic acids is 1. The van der Waals surface area contributed by atoms with Gasteiger partial charge in [0.25, 0.3) is 0 Å². The van der Waals surface area contributed by atoms with Gasteiger partial charge in [-0.15, -0.1) is 5.10 Å². The molecule has 0 saturated heterocycles. The molecule has 3 aliphatic rings. The molecule has 0 aliphatic heterocycles. The van der Waals surface area contributed by atoms with Gasteiger partial charge in [0.15, 0.2) is 11.5 Å². The number of carbonyl (C=O) groups is 1. The molecule has 9 nitrogen and oxygen atoms in total. The van der Waals surface area contributed by atoms with E-state index in [-0.39, 0.29) is 23.7 Å². The lowest BCUT2D eigenvalue weighted by molar-refractivity contribution is -0.145. The summed E-state index contributed by atoms with van der Waals surface area (Å²) in [5, 5.41) is 25.3. The molecule has 0 aromatic carbocycles.